The maximum atomic E-state index is 13.4. The largest absolute Gasteiger partial charge is 0.459 e. The molecule has 2 aliphatic rings. The van der Waals surface area contributed by atoms with Crippen LogP contribution in [0.5, 0.6) is 0 Å². The number of esters is 2. The molecule has 0 aromatic heterocycles. The van der Waals surface area contributed by atoms with Gasteiger partial charge in [0.1, 0.15) is 31.3 Å². The van der Waals surface area contributed by atoms with Crippen LogP contribution in [0.15, 0.2) is 95.9 Å². The van der Waals surface area contributed by atoms with Crippen LogP contribution in [-0.4, -0.2) is 79.2 Å². The summed E-state index contributed by atoms with van der Waals surface area (Å²) in [5.74, 6) is -1.48. The van der Waals surface area contributed by atoms with Crippen molar-refractivity contribution in [3.63, 3.8) is 0 Å². The number of sulfonamides is 1. The number of amides is 2. The lowest BCUT2D eigenvalue weighted by Gasteiger charge is -2.30. The zero-order valence-electron chi connectivity index (χ0n) is 32.7. The number of hydrogen-bond donors (Lipinski definition) is 2. The maximum Gasteiger partial charge on any atom is 0.329 e. The second kappa shape index (κ2) is 22.4. The SMILES string of the molecule is CC[C@H](C)[C@H](N)C(=O)N1CCC[C@H]1C(=O)OCc1ccccc1.CC[C@H](C)[C@H](NS(=O)(=O)c1ccccc1)C(=O)N1CCC[C@H]1C(=O)OCc1ccccc1.Cl. The van der Waals surface area contributed by atoms with E-state index in [2.05, 4.69) is 4.72 Å². The first-order chi connectivity index (χ1) is 26.4. The number of nitrogens with zero attached hydrogens (tertiary/aromatic N) is 2. The number of benzene rings is 3. The first-order valence-corrected chi connectivity index (χ1v) is 20.7. The van der Waals surface area contributed by atoms with Gasteiger partial charge in [0.05, 0.1) is 10.9 Å². The van der Waals surface area contributed by atoms with Crippen molar-refractivity contribution in [2.24, 2.45) is 17.6 Å². The van der Waals surface area contributed by atoms with Crippen LogP contribution in [0, 0.1) is 11.8 Å². The third-order valence-electron chi connectivity index (χ3n) is 10.4. The van der Waals surface area contributed by atoms with E-state index in [0.717, 1.165) is 24.0 Å². The van der Waals surface area contributed by atoms with Crippen molar-refractivity contribution in [2.45, 2.75) is 108 Å². The summed E-state index contributed by atoms with van der Waals surface area (Å²) in [7, 11) is -3.89. The Morgan fingerprint density at radius 3 is 1.54 bits per heavy atom. The minimum absolute atomic E-state index is 0. The first kappa shape index (κ1) is 46.1. The van der Waals surface area contributed by atoms with E-state index in [1.807, 2.05) is 88.4 Å². The smallest absolute Gasteiger partial charge is 0.329 e. The first-order valence-electron chi connectivity index (χ1n) is 19.2. The Labute approximate surface area is 337 Å². The van der Waals surface area contributed by atoms with Crippen LogP contribution >= 0.6 is 12.4 Å². The molecule has 12 nitrogen and oxygen atoms in total. The lowest BCUT2D eigenvalue weighted by Crippen LogP contribution is -2.54. The summed E-state index contributed by atoms with van der Waals surface area (Å²) < 4.78 is 39.2. The molecule has 0 aliphatic carbocycles. The molecule has 0 spiro atoms. The molecule has 3 N–H and O–H groups in total. The molecule has 2 fully saturated rings. The molecule has 14 heteroatoms. The molecule has 3 aromatic rings. The number of nitrogens with one attached hydrogen (secondary N) is 1. The van der Waals surface area contributed by atoms with Crippen LogP contribution in [0.1, 0.15) is 77.3 Å². The van der Waals surface area contributed by atoms with E-state index in [-0.39, 0.29) is 54.2 Å². The van der Waals surface area contributed by atoms with Crippen molar-refractivity contribution in [1.29, 1.82) is 0 Å². The second-order valence-corrected chi connectivity index (χ2v) is 16.0. The quantitative estimate of drug-likeness (QED) is 0.185. The van der Waals surface area contributed by atoms with Crippen LogP contribution in [0.3, 0.4) is 0 Å². The van der Waals surface area contributed by atoms with Gasteiger partial charge in [-0.1, -0.05) is 119 Å². The molecule has 0 unspecified atom stereocenters. The molecule has 2 heterocycles. The minimum Gasteiger partial charge on any atom is -0.459 e. The fraction of sp³-hybridized carbons (Fsp3) is 0.476. The van der Waals surface area contributed by atoms with Gasteiger partial charge in [0.2, 0.25) is 21.8 Å². The molecule has 6 atom stereocenters. The predicted molar refractivity (Wildman–Crippen MR) is 217 cm³/mol. The molecule has 0 bridgehead atoms. The Bertz CT molecular complexity index is 1800. The Kier molecular flexibility index (Phi) is 18.5. The number of nitrogens with two attached hydrogens (primary N) is 1. The number of halogens is 1. The van der Waals surface area contributed by atoms with Crippen molar-refractivity contribution in [1.82, 2.24) is 14.5 Å². The second-order valence-electron chi connectivity index (χ2n) is 14.3. The van der Waals surface area contributed by atoms with E-state index < -0.39 is 46.1 Å². The maximum absolute atomic E-state index is 13.4. The average molecular weight is 813 g/mol. The number of carbonyl (C=O) groups excluding carboxylic acids is 4. The van der Waals surface area contributed by atoms with E-state index in [1.165, 1.54) is 17.0 Å². The molecular formula is C42H57ClN4O8S. The molecular weight excluding hydrogens is 756 g/mol. The third-order valence-corrected chi connectivity index (χ3v) is 11.9. The number of rotatable bonds is 15. The summed E-state index contributed by atoms with van der Waals surface area (Å²) in [4.78, 5) is 54.2. The van der Waals surface area contributed by atoms with Crippen LogP contribution in [0.25, 0.3) is 0 Å². The average Bonchev–Trinajstić information content (AvgIpc) is 3.92. The topological polar surface area (TPSA) is 165 Å². The Morgan fingerprint density at radius 2 is 1.11 bits per heavy atom. The van der Waals surface area contributed by atoms with Crippen molar-refractivity contribution in [3.8, 4) is 0 Å². The molecule has 2 aliphatic heterocycles. The molecule has 5 rings (SSSR count). The lowest BCUT2D eigenvalue weighted by molar-refractivity contribution is -0.155. The van der Waals surface area contributed by atoms with E-state index in [1.54, 1.807) is 23.1 Å². The van der Waals surface area contributed by atoms with E-state index in [0.29, 0.717) is 38.8 Å². The zero-order chi connectivity index (χ0) is 40.0. The molecule has 2 saturated heterocycles. The van der Waals surface area contributed by atoms with Crippen molar-refractivity contribution < 1.29 is 37.1 Å². The van der Waals surface area contributed by atoms with Gasteiger partial charge >= 0.3 is 11.9 Å². The van der Waals surface area contributed by atoms with Gasteiger partial charge in [-0.3, -0.25) is 9.59 Å². The third kappa shape index (κ3) is 12.6. The van der Waals surface area contributed by atoms with Gasteiger partial charge < -0.3 is 25.0 Å². The summed E-state index contributed by atoms with van der Waals surface area (Å²) in [6, 6.07) is 24.1. The van der Waals surface area contributed by atoms with Gasteiger partial charge in [-0.15, -0.1) is 12.4 Å². The highest BCUT2D eigenvalue weighted by Gasteiger charge is 2.41. The highest BCUT2D eigenvalue weighted by atomic mass is 35.5. The van der Waals surface area contributed by atoms with Crippen LogP contribution in [0.2, 0.25) is 0 Å². The van der Waals surface area contributed by atoms with Gasteiger partial charge in [-0.25, -0.2) is 18.0 Å². The highest BCUT2D eigenvalue weighted by molar-refractivity contribution is 7.89. The van der Waals surface area contributed by atoms with Crippen LogP contribution in [-0.2, 0) is 51.9 Å². The van der Waals surface area contributed by atoms with Gasteiger partial charge in [0.25, 0.3) is 0 Å². The van der Waals surface area contributed by atoms with Crippen molar-refractivity contribution in [2.75, 3.05) is 13.1 Å². The molecule has 3 aromatic carbocycles. The van der Waals surface area contributed by atoms with Crippen molar-refractivity contribution in [3.05, 3.63) is 102 Å². The number of hydrogen-bond acceptors (Lipinski definition) is 9. The van der Waals surface area contributed by atoms with Gasteiger partial charge in [-0.2, -0.15) is 4.72 Å². The summed E-state index contributed by atoms with van der Waals surface area (Å²) in [5, 5.41) is 0. The summed E-state index contributed by atoms with van der Waals surface area (Å²) >= 11 is 0. The normalized spacial score (nSPS) is 18.7. The molecule has 0 radical (unpaired) electrons. The Hall–Kier alpha value is -4.30. The molecule has 56 heavy (non-hydrogen) atoms. The Morgan fingerprint density at radius 1 is 0.696 bits per heavy atom. The lowest BCUT2D eigenvalue weighted by atomic mass is 9.98. The molecule has 0 saturated carbocycles. The standard InChI is InChI=1S/C24H30N2O5S.C18H26N2O3.ClH/c1-3-18(2)22(25-32(29,30)20-13-8-5-9-14-20)23(27)26-16-10-15-21(26)24(28)31-17-19-11-6-4-7-12-19;1-3-13(2)16(19)17(21)20-11-7-10-15(20)18(22)23-12-14-8-5-4-6-9-14;/h4-9,11-14,18,21-22,25H,3,10,15-17H2,1-2H3;4-6,8-9,13,15-16H,3,7,10-12,19H2,1-2H3;1H/t18-,21-,22-;13-,15-,16-;/m00./s1. The van der Waals surface area contributed by atoms with Crippen molar-refractivity contribution >= 4 is 46.2 Å². The number of ether oxygens (including phenoxy) is 2. The zero-order valence-corrected chi connectivity index (χ0v) is 34.4. The number of likely N-dealkylation sites (tertiary alicyclic amines) is 2. The van der Waals surface area contributed by atoms with Gasteiger partial charge in [0.15, 0.2) is 0 Å². The van der Waals surface area contributed by atoms with E-state index >= 15 is 0 Å². The monoisotopic (exact) mass is 812 g/mol. The number of carbonyl (C=O) groups is 4. The summed E-state index contributed by atoms with van der Waals surface area (Å²) in [6.45, 7) is 9.03. The Balaban J connectivity index is 0.000000311. The van der Waals surface area contributed by atoms with Crippen LogP contribution < -0.4 is 10.5 Å². The summed E-state index contributed by atoms with van der Waals surface area (Å²) in [5.41, 5.74) is 7.84. The fourth-order valence-corrected chi connectivity index (χ4v) is 7.87. The van der Waals surface area contributed by atoms with Gasteiger partial charge in [0, 0.05) is 13.1 Å². The molecule has 306 valence electrons. The summed E-state index contributed by atoms with van der Waals surface area (Å²) in [6.07, 6.45) is 4.05. The van der Waals surface area contributed by atoms with E-state index in [4.69, 9.17) is 15.2 Å². The fourth-order valence-electron chi connectivity index (χ4n) is 6.55. The van der Waals surface area contributed by atoms with Gasteiger partial charge in [-0.05, 0) is 60.8 Å². The predicted octanol–water partition coefficient (Wildman–Crippen LogP) is 5.63. The van der Waals surface area contributed by atoms with E-state index in [9.17, 15) is 27.6 Å². The van der Waals surface area contributed by atoms with Crippen LogP contribution in [0.4, 0.5) is 0 Å². The molecule has 2 amide bonds. The highest BCUT2D eigenvalue weighted by Crippen LogP contribution is 2.25. The minimum atomic E-state index is -3.89.